The van der Waals surface area contributed by atoms with E-state index in [1.165, 1.54) is 0 Å². The van der Waals surface area contributed by atoms with Crippen molar-refractivity contribution in [2.45, 2.75) is 32.8 Å². The predicted octanol–water partition coefficient (Wildman–Crippen LogP) is 7.12. The zero-order chi connectivity index (χ0) is 25.2. The third-order valence-corrected chi connectivity index (χ3v) is 6.63. The number of carbonyl (C=O) groups is 1. The Morgan fingerprint density at radius 3 is 2.50 bits per heavy atom. The topological polar surface area (TPSA) is 76.7 Å². The Balaban J connectivity index is 1.74. The highest BCUT2D eigenvalue weighted by molar-refractivity contribution is 6.30. The maximum absolute atomic E-state index is 12.4. The molecule has 5 aromatic rings. The number of ether oxygens (including phenoxy) is 1. The van der Waals surface area contributed by atoms with Crippen LogP contribution < -0.4 is 0 Å². The number of benzene rings is 3. The Morgan fingerprint density at radius 1 is 1.06 bits per heavy atom. The Labute approximate surface area is 214 Å². The van der Waals surface area contributed by atoms with E-state index in [1.54, 1.807) is 12.4 Å². The molecular weight excluding hydrogens is 474 g/mol. The van der Waals surface area contributed by atoms with Gasteiger partial charge in [0, 0.05) is 47.5 Å². The van der Waals surface area contributed by atoms with Crippen LogP contribution in [0.1, 0.15) is 37.0 Å². The van der Waals surface area contributed by atoms with Crippen LogP contribution in [0.4, 0.5) is 0 Å². The van der Waals surface area contributed by atoms with Crippen LogP contribution in [0.25, 0.3) is 38.8 Å². The largest absolute Gasteiger partial charge is 0.479 e. The molecule has 182 valence electrons. The number of aryl methyl sites for hydroxylation is 1. The van der Waals surface area contributed by atoms with E-state index in [0.29, 0.717) is 17.2 Å². The average Bonchev–Trinajstić information content (AvgIpc) is 3.36. The van der Waals surface area contributed by atoms with Gasteiger partial charge >= 0.3 is 5.97 Å². The summed E-state index contributed by atoms with van der Waals surface area (Å²) in [7, 11) is 0. The first kappa shape index (κ1) is 24.0. The second-order valence-corrected chi connectivity index (χ2v) is 9.24. The van der Waals surface area contributed by atoms with Crippen LogP contribution in [0.5, 0.6) is 0 Å². The van der Waals surface area contributed by atoms with Crippen molar-refractivity contribution < 1.29 is 14.6 Å². The van der Waals surface area contributed by atoms with Crippen molar-refractivity contribution in [1.82, 2.24) is 14.4 Å². The molecule has 0 fully saturated rings. The van der Waals surface area contributed by atoms with Crippen molar-refractivity contribution in [3.8, 4) is 22.4 Å². The highest BCUT2D eigenvalue weighted by Crippen LogP contribution is 2.41. The molecule has 1 unspecified atom stereocenters. The lowest BCUT2D eigenvalue weighted by molar-refractivity contribution is -0.151. The number of hydrogen-bond donors (Lipinski definition) is 1. The summed E-state index contributed by atoms with van der Waals surface area (Å²) in [6, 6.07) is 15.6. The molecule has 6 nitrogen and oxygen atoms in total. The van der Waals surface area contributed by atoms with Crippen LogP contribution in [-0.4, -0.2) is 32.1 Å². The lowest BCUT2D eigenvalue weighted by Crippen LogP contribution is -2.18. The van der Waals surface area contributed by atoms with Gasteiger partial charge in [-0.25, -0.2) is 9.78 Å². The van der Waals surface area contributed by atoms with Crippen molar-refractivity contribution in [2.24, 2.45) is 0 Å². The van der Waals surface area contributed by atoms with Crippen molar-refractivity contribution in [1.29, 1.82) is 0 Å². The van der Waals surface area contributed by atoms with Gasteiger partial charge in [-0.1, -0.05) is 55.3 Å². The second-order valence-electron chi connectivity index (χ2n) is 8.80. The Kier molecular flexibility index (Phi) is 6.72. The molecule has 0 aliphatic carbocycles. The molecule has 0 saturated carbocycles. The molecule has 2 aromatic heterocycles. The molecule has 5 rings (SSSR count). The number of hydrogen-bond acceptors (Lipinski definition) is 4. The third-order valence-electron chi connectivity index (χ3n) is 6.37. The van der Waals surface area contributed by atoms with Gasteiger partial charge in [0.2, 0.25) is 0 Å². The van der Waals surface area contributed by atoms with E-state index in [1.807, 2.05) is 66.2 Å². The number of rotatable bonds is 8. The van der Waals surface area contributed by atoms with E-state index in [4.69, 9.17) is 16.3 Å². The molecule has 0 spiro atoms. The van der Waals surface area contributed by atoms with E-state index in [2.05, 4.69) is 23.0 Å². The average molecular weight is 500 g/mol. The van der Waals surface area contributed by atoms with Gasteiger partial charge in [-0.05, 0) is 59.0 Å². The van der Waals surface area contributed by atoms with Crippen LogP contribution in [0, 0.1) is 6.92 Å². The lowest BCUT2D eigenvalue weighted by Gasteiger charge is -2.23. The first-order valence-electron chi connectivity index (χ1n) is 11.9. The Morgan fingerprint density at radius 2 is 1.78 bits per heavy atom. The number of nitrogens with zero attached hydrogens (tertiary/aromatic N) is 3. The van der Waals surface area contributed by atoms with Crippen LogP contribution in [-0.2, 0) is 9.53 Å². The zero-order valence-electron chi connectivity index (χ0n) is 20.1. The number of fused-ring (bicyclic) bond motifs is 2. The van der Waals surface area contributed by atoms with E-state index < -0.39 is 12.1 Å². The van der Waals surface area contributed by atoms with Gasteiger partial charge in [0.1, 0.15) is 5.69 Å². The smallest absolute Gasteiger partial charge is 0.337 e. The molecule has 0 amide bonds. The summed E-state index contributed by atoms with van der Waals surface area (Å²) < 4.78 is 7.87. The van der Waals surface area contributed by atoms with Crippen molar-refractivity contribution in [3.63, 3.8) is 0 Å². The van der Waals surface area contributed by atoms with Crippen molar-refractivity contribution >= 4 is 34.0 Å². The minimum Gasteiger partial charge on any atom is -0.479 e. The van der Waals surface area contributed by atoms with Crippen molar-refractivity contribution in [3.05, 3.63) is 89.5 Å². The third kappa shape index (κ3) is 4.45. The summed E-state index contributed by atoms with van der Waals surface area (Å²) in [5, 5.41) is 12.7. The number of imidazole rings is 1. The summed E-state index contributed by atoms with van der Waals surface area (Å²) in [5.41, 5.74) is 5.72. The van der Waals surface area contributed by atoms with E-state index in [0.717, 1.165) is 57.2 Å². The Bertz CT molecular complexity index is 1560. The highest BCUT2D eigenvalue weighted by atomic mass is 35.5. The number of carboxylic acid groups (broad SMARTS) is 1. The first-order valence-corrected chi connectivity index (χ1v) is 12.3. The van der Waals surface area contributed by atoms with Gasteiger partial charge in [-0.2, -0.15) is 0 Å². The summed E-state index contributed by atoms with van der Waals surface area (Å²) in [5.74, 6) is -1.00. The summed E-state index contributed by atoms with van der Waals surface area (Å²) in [4.78, 5) is 21.4. The minimum absolute atomic E-state index is 0.379. The van der Waals surface area contributed by atoms with Gasteiger partial charge in [-0.3, -0.25) is 4.98 Å². The van der Waals surface area contributed by atoms with Crippen LogP contribution in [0.2, 0.25) is 5.02 Å². The fraction of sp³-hybridized carbons (Fsp3) is 0.207. The fourth-order valence-electron chi connectivity index (χ4n) is 4.66. The summed E-state index contributed by atoms with van der Waals surface area (Å²) in [6.45, 7) is 4.37. The van der Waals surface area contributed by atoms with Gasteiger partial charge in [0.05, 0.1) is 0 Å². The van der Waals surface area contributed by atoms with Gasteiger partial charge in [-0.15, -0.1) is 0 Å². The predicted molar refractivity (Wildman–Crippen MR) is 142 cm³/mol. The summed E-state index contributed by atoms with van der Waals surface area (Å²) in [6.07, 6.45) is 7.91. The van der Waals surface area contributed by atoms with Crippen LogP contribution in [0.15, 0.2) is 73.3 Å². The van der Waals surface area contributed by atoms with E-state index >= 15 is 0 Å². The zero-order valence-corrected chi connectivity index (χ0v) is 20.9. The minimum atomic E-state index is -1.08. The van der Waals surface area contributed by atoms with Crippen molar-refractivity contribution in [2.75, 3.05) is 6.61 Å². The molecule has 0 bridgehead atoms. The molecule has 0 aliphatic heterocycles. The van der Waals surface area contributed by atoms with Crippen LogP contribution >= 0.6 is 11.6 Å². The summed E-state index contributed by atoms with van der Waals surface area (Å²) >= 11 is 6.18. The number of carboxylic acids is 1. The van der Waals surface area contributed by atoms with Crippen LogP contribution in [0.3, 0.4) is 0 Å². The Hall–Kier alpha value is -3.74. The second kappa shape index (κ2) is 10.1. The number of aliphatic carboxylic acids is 1. The highest BCUT2D eigenvalue weighted by Gasteiger charge is 2.28. The molecule has 1 atom stereocenters. The molecule has 7 heteroatoms. The molecule has 3 aromatic carbocycles. The molecule has 1 N–H and O–H groups in total. The lowest BCUT2D eigenvalue weighted by atomic mass is 9.86. The maximum Gasteiger partial charge on any atom is 0.337 e. The van der Waals surface area contributed by atoms with E-state index in [9.17, 15) is 9.90 Å². The molecule has 0 aliphatic rings. The van der Waals surface area contributed by atoms with Gasteiger partial charge in [0.15, 0.2) is 11.8 Å². The molecule has 36 heavy (non-hydrogen) atoms. The van der Waals surface area contributed by atoms with Gasteiger partial charge < -0.3 is 14.2 Å². The quantitative estimate of drug-likeness (QED) is 0.230. The monoisotopic (exact) mass is 499 g/mol. The van der Waals surface area contributed by atoms with Gasteiger partial charge in [0.25, 0.3) is 0 Å². The molecule has 2 heterocycles. The normalized spacial score (nSPS) is 12.3. The standard InChI is InChI=1S/C29H26ClN3O3/c1-3-4-15-36-27(29(34)35)24-18(2)16-21-17-20(26-28-32-12-14-33(28)13-11-31-26)7-10-23(21)25(24)19-5-8-22(30)9-6-19/h5-14,16-17,27H,3-4,15H2,1-2H3,(H,34,35). The number of unbranched alkanes of at least 4 members (excludes halogenated alkanes) is 1. The number of halogens is 1. The molecule has 0 radical (unpaired) electrons. The molecular formula is C29H26ClN3O3. The first-order chi connectivity index (χ1) is 17.5. The molecule has 0 saturated heterocycles. The van der Waals surface area contributed by atoms with E-state index in [-0.39, 0.29) is 0 Å². The fourth-order valence-corrected chi connectivity index (χ4v) is 4.78. The number of aromatic nitrogens is 3. The maximum atomic E-state index is 12.4. The SMILES string of the molecule is CCCCOC(C(=O)O)c1c(C)cc2cc(-c3nccn4ccnc34)ccc2c1-c1ccc(Cl)cc1.